The maximum Gasteiger partial charge on any atom is 0.320 e. The Labute approximate surface area is 202 Å². The quantitative estimate of drug-likeness (QED) is 0.169. The third-order valence-electron chi connectivity index (χ3n) is 5.10. The molecule has 7 nitrogen and oxygen atoms in total. The molecule has 2 heterocycles. The van der Waals surface area contributed by atoms with Crippen LogP contribution in [0, 0.1) is 18.3 Å². The Balaban J connectivity index is 1.70. The van der Waals surface area contributed by atoms with Crippen LogP contribution in [-0.4, -0.2) is 21.9 Å². The second-order valence-corrected chi connectivity index (χ2v) is 8.95. The Kier molecular flexibility index (Phi) is 7.04. The van der Waals surface area contributed by atoms with Crippen molar-refractivity contribution >= 4 is 23.5 Å². The molecule has 0 aliphatic heterocycles. The van der Waals surface area contributed by atoms with Gasteiger partial charge in [-0.25, -0.2) is 9.98 Å². The van der Waals surface area contributed by atoms with Crippen molar-refractivity contribution in [3.63, 3.8) is 0 Å². The van der Waals surface area contributed by atoms with Crippen molar-refractivity contribution in [2.24, 2.45) is 4.99 Å². The maximum atomic E-state index is 12.5. The van der Waals surface area contributed by atoms with Gasteiger partial charge in [0.25, 0.3) is 6.20 Å². The summed E-state index contributed by atoms with van der Waals surface area (Å²) >= 11 is 1.19. The number of hydrogen-bond acceptors (Lipinski definition) is 7. The maximum absolute atomic E-state index is 12.5. The molecule has 4 aromatic rings. The van der Waals surface area contributed by atoms with Crippen molar-refractivity contribution in [1.82, 2.24) is 10.3 Å². The first kappa shape index (κ1) is 23.2. The van der Waals surface area contributed by atoms with Crippen molar-refractivity contribution < 1.29 is 14.3 Å². The van der Waals surface area contributed by atoms with E-state index >= 15 is 0 Å². The first-order chi connectivity index (χ1) is 16.4. The highest BCUT2D eigenvalue weighted by atomic mass is 32.2. The van der Waals surface area contributed by atoms with E-state index in [-0.39, 0.29) is 17.7 Å². The van der Waals surface area contributed by atoms with E-state index in [1.807, 2.05) is 81.4 Å². The molecule has 2 aromatic carbocycles. The summed E-state index contributed by atoms with van der Waals surface area (Å²) in [6, 6.07) is 22.1. The minimum atomic E-state index is -0.398. The first-order valence-electron chi connectivity index (χ1n) is 10.8. The molecule has 34 heavy (non-hydrogen) atoms. The van der Waals surface area contributed by atoms with Crippen LogP contribution in [0.5, 0.6) is 0 Å². The molecule has 0 fully saturated rings. The Hall–Kier alpha value is -3.96. The number of benzene rings is 2. The molecule has 0 spiro atoms. The summed E-state index contributed by atoms with van der Waals surface area (Å²) < 4.78 is 6.69. The monoisotopic (exact) mass is 469 g/mol. The molecule has 4 rings (SSSR count). The summed E-state index contributed by atoms with van der Waals surface area (Å²) in [6.45, 7) is 5.92. The predicted molar refractivity (Wildman–Crippen MR) is 129 cm³/mol. The molecule has 8 heteroatoms. The molecule has 0 aliphatic rings. The lowest BCUT2D eigenvalue weighted by Gasteiger charge is -2.14. The van der Waals surface area contributed by atoms with E-state index < -0.39 is 5.90 Å². The van der Waals surface area contributed by atoms with E-state index in [0.29, 0.717) is 10.6 Å². The zero-order valence-electron chi connectivity index (χ0n) is 19.1. The van der Waals surface area contributed by atoms with Crippen molar-refractivity contribution in [3.05, 3.63) is 78.0 Å². The van der Waals surface area contributed by atoms with E-state index in [4.69, 9.17) is 9.51 Å². The summed E-state index contributed by atoms with van der Waals surface area (Å²) in [6.07, 6.45) is 1.58. The highest BCUT2D eigenvalue weighted by Crippen LogP contribution is 2.34. The molecule has 0 radical (unpaired) electrons. The number of aliphatic imine (C=N–C) groups is 1. The topological polar surface area (TPSA) is 102 Å². The Morgan fingerprint density at radius 3 is 2.53 bits per heavy atom. The lowest BCUT2D eigenvalue weighted by molar-refractivity contribution is -0.779. The van der Waals surface area contributed by atoms with Crippen LogP contribution in [0.25, 0.3) is 22.4 Å². The van der Waals surface area contributed by atoms with Crippen LogP contribution >= 0.6 is 11.8 Å². The standard InChI is InChI=1S/C26H23N5O2S/c1-17(2)31-15-25(33-30-31)29-24(32)16-34-26-22(14-27)21(19-11-9-18(3)10-12-19)13-23(28-26)20-7-5-4-6-8-20/h4-13,15,17H,16H2,1-3H3. The van der Waals surface area contributed by atoms with Gasteiger partial charge in [-0.15, -0.1) is 0 Å². The molecular formula is C26H23N5O2S. The van der Waals surface area contributed by atoms with Gasteiger partial charge in [0.1, 0.15) is 11.1 Å². The van der Waals surface area contributed by atoms with Crippen LogP contribution in [0.15, 0.2) is 81.4 Å². The molecule has 2 aromatic heterocycles. The fourth-order valence-corrected chi connectivity index (χ4v) is 4.07. The number of aryl methyl sites for hydroxylation is 1. The zero-order chi connectivity index (χ0) is 24.1. The summed E-state index contributed by atoms with van der Waals surface area (Å²) in [5.41, 5.74) is 4.91. The van der Waals surface area contributed by atoms with Gasteiger partial charge in [0.05, 0.1) is 11.3 Å². The second kappa shape index (κ2) is 10.3. The molecule has 0 saturated heterocycles. The van der Waals surface area contributed by atoms with Gasteiger partial charge in [-0.2, -0.15) is 5.26 Å². The van der Waals surface area contributed by atoms with Crippen molar-refractivity contribution in [2.75, 3.05) is 5.75 Å². The lowest BCUT2D eigenvalue weighted by atomic mass is 9.98. The van der Waals surface area contributed by atoms with Gasteiger partial charge in [-0.3, -0.25) is 4.52 Å². The number of nitriles is 1. The van der Waals surface area contributed by atoms with Gasteiger partial charge in [0, 0.05) is 16.9 Å². The average molecular weight is 470 g/mol. The Bertz CT molecular complexity index is 1360. The molecule has 170 valence electrons. The van der Waals surface area contributed by atoms with E-state index in [0.717, 1.165) is 27.9 Å². The van der Waals surface area contributed by atoms with Gasteiger partial charge in [-0.05, 0) is 43.0 Å². The summed E-state index contributed by atoms with van der Waals surface area (Å²) in [5, 5.41) is 26.8. The van der Waals surface area contributed by atoms with Crippen molar-refractivity contribution in [2.45, 2.75) is 31.8 Å². The molecule has 0 bridgehead atoms. The lowest BCUT2D eigenvalue weighted by Crippen LogP contribution is -2.36. The van der Waals surface area contributed by atoms with Crippen LogP contribution in [0.3, 0.4) is 0 Å². The number of pyridine rings is 1. The molecule has 0 amide bonds. The smallest absolute Gasteiger partial charge is 0.320 e. The number of hydrogen-bond donors (Lipinski definition) is 0. The minimum Gasteiger partial charge on any atom is -0.861 e. The molecule has 0 N–H and O–H groups in total. The van der Waals surface area contributed by atoms with Crippen LogP contribution in [0.2, 0.25) is 0 Å². The van der Waals surface area contributed by atoms with Gasteiger partial charge < -0.3 is 5.11 Å². The fourth-order valence-electron chi connectivity index (χ4n) is 3.28. The zero-order valence-corrected chi connectivity index (χ0v) is 19.9. The first-order valence-corrected chi connectivity index (χ1v) is 11.8. The predicted octanol–water partition coefficient (Wildman–Crippen LogP) is 4.63. The largest absolute Gasteiger partial charge is 0.861 e. The summed E-state index contributed by atoms with van der Waals surface area (Å²) in [4.78, 5) is 8.71. The second-order valence-electron chi connectivity index (χ2n) is 7.99. The van der Waals surface area contributed by atoms with Crippen molar-refractivity contribution in [1.29, 1.82) is 5.26 Å². The third kappa shape index (κ3) is 5.33. The average Bonchev–Trinajstić information content (AvgIpc) is 3.32. The summed E-state index contributed by atoms with van der Waals surface area (Å²) in [5.74, 6) is -0.244. The Morgan fingerprint density at radius 1 is 1.15 bits per heavy atom. The Morgan fingerprint density at radius 2 is 1.88 bits per heavy atom. The van der Waals surface area contributed by atoms with Gasteiger partial charge >= 0.3 is 5.88 Å². The SMILES string of the molecule is Cc1ccc(-c2cc(-c3ccccc3)nc(SC/C([O-])=N\c3c[n+](C(C)C)no3)c2C#N)cc1. The highest BCUT2D eigenvalue weighted by Gasteiger charge is 2.17. The van der Waals surface area contributed by atoms with Gasteiger partial charge in [0.15, 0.2) is 6.04 Å². The molecular weight excluding hydrogens is 446 g/mol. The fraction of sp³-hybridized carbons (Fsp3) is 0.192. The molecule has 0 saturated carbocycles. The van der Waals surface area contributed by atoms with Gasteiger partial charge in [-0.1, -0.05) is 71.9 Å². The van der Waals surface area contributed by atoms with E-state index in [1.165, 1.54) is 11.8 Å². The van der Waals surface area contributed by atoms with Gasteiger partial charge in [0.2, 0.25) is 5.27 Å². The molecule has 0 aliphatic carbocycles. The van der Waals surface area contributed by atoms with E-state index in [1.54, 1.807) is 10.9 Å². The number of thioether (sulfide) groups is 1. The highest BCUT2D eigenvalue weighted by molar-refractivity contribution is 7.99. The normalized spacial score (nSPS) is 11.6. The third-order valence-corrected chi connectivity index (χ3v) is 6.06. The van der Waals surface area contributed by atoms with Crippen LogP contribution < -0.4 is 9.79 Å². The molecule has 0 unspecified atom stereocenters. The molecule has 0 atom stereocenters. The number of nitrogens with zero attached hydrogens (tertiary/aromatic N) is 5. The minimum absolute atomic E-state index is 0.00956. The summed E-state index contributed by atoms with van der Waals surface area (Å²) in [7, 11) is 0. The van der Waals surface area contributed by atoms with E-state index in [2.05, 4.69) is 16.3 Å². The van der Waals surface area contributed by atoms with Crippen LogP contribution in [0.1, 0.15) is 31.0 Å². The van der Waals surface area contributed by atoms with E-state index in [9.17, 15) is 10.4 Å². The van der Waals surface area contributed by atoms with Crippen LogP contribution in [-0.2, 0) is 0 Å². The number of rotatable bonds is 7. The number of aromatic nitrogens is 3. The van der Waals surface area contributed by atoms with Crippen LogP contribution in [0.4, 0.5) is 5.88 Å². The van der Waals surface area contributed by atoms with Crippen molar-refractivity contribution in [3.8, 4) is 28.5 Å².